The first kappa shape index (κ1) is 33.0. The predicted molar refractivity (Wildman–Crippen MR) is 180 cm³/mol. The Bertz CT molecular complexity index is 1460. The average molecular weight is 622 g/mol. The number of rotatable bonds is 15. The van der Waals surface area contributed by atoms with Gasteiger partial charge < -0.3 is 14.4 Å². The van der Waals surface area contributed by atoms with Crippen LogP contribution in [-0.4, -0.2) is 55.0 Å². The van der Waals surface area contributed by atoms with E-state index in [1.54, 1.807) is 12.1 Å². The van der Waals surface area contributed by atoms with E-state index in [0.29, 0.717) is 18.7 Å². The largest absolute Gasteiger partial charge is 0.444 e. The third-order valence-corrected chi connectivity index (χ3v) is 9.11. The van der Waals surface area contributed by atoms with Crippen LogP contribution in [0.3, 0.4) is 0 Å². The molecule has 1 fully saturated rings. The SMILES string of the molecule is O=CCN(NCC(CCCN1CCC(Cc2cccc(F)c2)CC1)(c1ccccc1)c1ccccc1)C(=O)OCc1ccccc1. The summed E-state index contributed by atoms with van der Waals surface area (Å²) in [4.78, 5) is 27.3. The highest BCUT2D eigenvalue weighted by Crippen LogP contribution is 2.37. The summed E-state index contributed by atoms with van der Waals surface area (Å²) in [7, 11) is 0. The Balaban J connectivity index is 1.26. The highest BCUT2D eigenvalue weighted by Gasteiger charge is 2.35. The molecule has 4 aromatic carbocycles. The Kier molecular flexibility index (Phi) is 12.1. The number of nitrogens with zero attached hydrogens (tertiary/aromatic N) is 2. The highest BCUT2D eigenvalue weighted by atomic mass is 19.1. The van der Waals surface area contributed by atoms with Crippen LogP contribution >= 0.6 is 0 Å². The number of piperidine rings is 1. The number of carbonyl (C=O) groups is 2. The average Bonchev–Trinajstić information content (AvgIpc) is 3.10. The Labute approximate surface area is 272 Å². The zero-order valence-corrected chi connectivity index (χ0v) is 26.4. The van der Waals surface area contributed by atoms with E-state index < -0.39 is 11.5 Å². The minimum Gasteiger partial charge on any atom is -0.444 e. The lowest BCUT2D eigenvalue weighted by Crippen LogP contribution is -2.51. The molecule has 46 heavy (non-hydrogen) atoms. The standard InChI is InChI=1S/C39H44FN3O3/c40-37-19-10-14-34(29-37)28-32-20-24-42(25-21-32)23-11-22-39(35-15-6-2-7-16-35,36-17-8-3-9-18-36)31-41-43(26-27-44)38(45)46-30-33-12-4-1-5-13-33/h1-10,12-19,27,29,32,41H,11,20-26,28,30-31H2. The van der Waals surface area contributed by atoms with Crippen LogP contribution in [0.15, 0.2) is 115 Å². The second-order valence-electron chi connectivity index (χ2n) is 12.2. The van der Waals surface area contributed by atoms with Gasteiger partial charge in [-0.25, -0.2) is 19.6 Å². The third kappa shape index (κ3) is 9.12. The van der Waals surface area contributed by atoms with Crippen LogP contribution in [0.25, 0.3) is 0 Å². The molecule has 7 heteroatoms. The van der Waals surface area contributed by atoms with Gasteiger partial charge in [-0.1, -0.05) is 103 Å². The van der Waals surface area contributed by atoms with Crippen LogP contribution in [0.5, 0.6) is 0 Å². The number of likely N-dealkylation sites (tertiary alicyclic amines) is 1. The number of hydrazine groups is 1. The first-order valence-corrected chi connectivity index (χ1v) is 16.3. The number of hydrogen-bond donors (Lipinski definition) is 1. The Morgan fingerprint density at radius 3 is 2.09 bits per heavy atom. The van der Waals surface area contributed by atoms with Crippen LogP contribution in [-0.2, 0) is 28.0 Å². The fourth-order valence-corrected chi connectivity index (χ4v) is 6.58. The van der Waals surface area contributed by atoms with Gasteiger partial charge in [0, 0.05) is 12.0 Å². The Morgan fingerprint density at radius 2 is 1.48 bits per heavy atom. The maximum atomic E-state index is 13.7. The van der Waals surface area contributed by atoms with Crippen LogP contribution in [0.1, 0.15) is 47.9 Å². The second kappa shape index (κ2) is 16.8. The maximum absolute atomic E-state index is 13.7. The van der Waals surface area contributed by atoms with Crippen LogP contribution in [0.2, 0.25) is 0 Å². The third-order valence-electron chi connectivity index (χ3n) is 9.11. The molecule has 0 spiro atoms. The van der Waals surface area contributed by atoms with Crippen molar-refractivity contribution in [3.63, 3.8) is 0 Å². The summed E-state index contributed by atoms with van der Waals surface area (Å²) in [5.41, 5.74) is 7.09. The molecule has 0 unspecified atom stereocenters. The van der Waals surface area contributed by atoms with E-state index in [9.17, 15) is 14.0 Å². The first-order chi connectivity index (χ1) is 22.6. The van der Waals surface area contributed by atoms with Crippen LogP contribution in [0, 0.1) is 11.7 Å². The van der Waals surface area contributed by atoms with E-state index in [1.165, 1.54) is 11.1 Å². The van der Waals surface area contributed by atoms with Crippen molar-refractivity contribution >= 4 is 12.4 Å². The van der Waals surface area contributed by atoms with Gasteiger partial charge in [-0.05, 0) is 92.0 Å². The van der Waals surface area contributed by atoms with Crippen LogP contribution in [0.4, 0.5) is 9.18 Å². The molecule has 4 aromatic rings. The van der Waals surface area contributed by atoms with Gasteiger partial charge in [0.1, 0.15) is 18.7 Å². The quantitative estimate of drug-likeness (QED) is 0.113. The van der Waals surface area contributed by atoms with E-state index >= 15 is 0 Å². The molecule has 1 aliphatic heterocycles. The molecule has 0 atom stereocenters. The number of nitrogens with one attached hydrogen (secondary N) is 1. The van der Waals surface area contributed by atoms with Crippen molar-refractivity contribution in [3.8, 4) is 0 Å². The summed E-state index contributed by atoms with van der Waals surface area (Å²) in [6, 6.07) is 37.3. The van der Waals surface area contributed by atoms with Crippen molar-refractivity contribution in [2.24, 2.45) is 5.92 Å². The Morgan fingerprint density at radius 1 is 0.870 bits per heavy atom. The highest BCUT2D eigenvalue weighted by molar-refractivity contribution is 5.70. The molecule has 240 valence electrons. The topological polar surface area (TPSA) is 61.9 Å². The molecular formula is C39H44FN3O3. The van der Waals surface area contributed by atoms with E-state index in [-0.39, 0.29) is 19.0 Å². The van der Waals surface area contributed by atoms with E-state index in [1.807, 2.05) is 72.8 Å². The van der Waals surface area contributed by atoms with Gasteiger partial charge >= 0.3 is 6.09 Å². The van der Waals surface area contributed by atoms with E-state index in [4.69, 9.17) is 4.74 Å². The lowest BCUT2D eigenvalue weighted by Gasteiger charge is -2.38. The van der Waals surface area contributed by atoms with E-state index in [2.05, 4.69) is 34.6 Å². The van der Waals surface area contributed by atoms with Gasteiger partial charge in [-0.15, -0.1) is 0 Å². The number of halogens is 1. The van der Waals surface area contributed by atoms with Crippen molar-refractivity contribution in [3.05, 3.63) is 143 Å². The first-order valence-electron chi connectivity index (χ1n) is 16.3. The molecule has 0 aromatic heterocycles. The molecule has 0 saturated carbocycles. The number of ether oxygens (including phenoxy) is 1. The summed E-state index contributed by atoms with van der Waals surface area (Å²) < 4.78 is 19.3. The Hall–Kier alpha value is -4.33. The molecule has 1 aliphatic rings. The molecule has 0 bridgehead atoms. The van der Waals surface area contributed by atoms with Gasteiger partial charge in [-0.3, -0.25) is 0 Å². The van der Waals surface area contributed by atoms with Crippen molar-refractivity contribution < 1.29 is 18.7 Å². The normalized spacial score (nSPS) is 14.1. The fraction of sp³-hybridized carbons (Fsp3) is 0.333. The van der Waals surface area contributed by atoms with Crippen molar-refractivity contribution in [1.82, 2.24) is 15.3 Å². The zero-order valence-electron chi connectivity index (χ0n) is 26.4. The molecule has 1 saturated heterocycles. The summed E-state index contributed by atoms with van der Waals surface area (Å²) >= 11 is 0. The minimum atomic E-state index is -0.591. The molecule has 5 rings (SSSR count). The smallest absolute Gasteiger partial charge is 0.424 e. The van der Waals surface area contributed by atoms with Crippen molar-refractivity contribution in [2.75, 3.05) is 32.7 Å². The lowest BCUT2D eigenvalue weighted by molar-refractivity contribution is -0.109. The molecule has 0 radical (unpaired) electrons. The molecule has 1 heterocycles. The number of carbonyl (C=O) groups excluding carboxylic acids is 2. The number of amides is 1. The summed E-state index contributed by atoms with van der Waals surface area (Å²) in [6.07, 6.45) is 5.04. The summed E-state index contributed by atoms with van der Waals surface area (Å²) in [5.74, 6) is 0.406. The fourth-order valence-electron chi connectivity index (χ4n) is 6.58. The van der Waals surface area contributed by atoms with Gasteiger partial charge in [0.05, 0.1) is 6.54 Å². The van der Waals surface area contributed by atoms with Gasteiger partial charge in [0.15, 0.2) is 0 Å². The van der Waals surface area contributed by atoms with Crippen LogP contribution < -0.4 is 5.43 Å². The number of benzene rings is 4. The number of hydrogen-bond acceptors (Lipinski definition) is 5. The van der Waals surface area contributed by atoms with Gasteiger partial charge in [-0.2, -0.15) is 0 Å². The minimum absolute atomic E-state index is 0.123. The summed E-state index contributed by atoms with van der Waals surface area (Å²) in [5, 5.41) is 1.28. The number of aldehydes is 1. The van der Waals surface area contributed by atoms with Crippen molar-refractivity contribution in [2.45, 2.75) is 44.1 Å². The monoisotopic (exact) mass is 621 g/mol. The maximum Gasteiger partial charge on any atom is 0.424 e. The zero-order chi connectivity index (χ0) is 32.0. The molecule has 1 amide bonds. The molecular weight excluding hydrogens is 577 g/mol. The molecule has 1 N–H and O–H groups in total. The summed E-state index contributed by atoms with van der Waals surface area (Å²) in [6.45, 7) is 3.43. The predicted octanol–water partition coefficient (Wildman–Crippen LogP) is 7.19. The second-order valence-corrected chi connectivity index (χ2v) is 12.2. The van der Waals surface area contributed by atoms with Gasteiger partial charge in [0.25, 0.3) is 0 Å². The lowest BCUT2D eigenvalue weighted by atomic mass is 9.71. The van der Waals surface area contributed by atoms with Crippen molar-refractivity contribution in [1.29, 1.82) is 0 Å². The van der Waals surface area contributed by atoms with Gasteiger partial charge in [0.2, 0.25) is 0 Å². The van der Waals surface area contributed by atoms with E-state index in [0.717, 1.165) is 74.0 Å². The molecule has 6 nitrogen and oxygen atoms in total. The molecule has 0 aliphatic carbocycles.